The Morgan fingerprint density at radius 3 is 2.48 bits per heavy atom. The van der Waals surface area contributed by atoms with Crippen molar-refractivity contribution in [2.75, 3.05) is 13.6 Å². The second-order valence-electron chi connectivity index (χ2n) is 7.73. The summed E-state index contributed by atoms with van der Waals surface area (Å²) in [5.74, 6) is -3.50. The van der Waals surface area contributed by atoms with Crippen LogP contribution in [0.25, 0.3) is 0 Å². The number of amides is 4. The number of nitrogens with zero attached hydrogens (tertiary/aromatic N) is 3. The molecule has 2 fully saturated rings. The van der Waals surface area contributed by atoms with E-state index in [1.54, 1.807) is 0 Å². The van der Waals surface area contributed by atoms with Gasteiger partial charge in [-0.05, 0) is 37.5 Å². The number of rotatable bonds is 4. The van der Waals surface area contributed by atoms with Crippen molar-refractivity contribution in [1.29, 1.82) is 5.26 Å². The Balaban J connectivity index is 1.80. The molecule has 1 heterocycles. The lowest BCUT2D eigenvalue weighted by molar-refractivity contribution is -0.141. The molecule has 2 aliphatic rings. The van der Waals surface area contributed by atoms with Crippen LogP contribution >= 0.6 is 0 Å². The highest BCUT2D eigenvalue weighted by Crippen LogP contribution is 2.33. The van der Waals surface area contributed by atoms with Gasteiger partial charge in [0.25, 0.3) is 5.91 Å². The van der Waals surface area contributed by atoms with Gasteiger partial charge in [-0.25, -0.2) is 13.6 Å². The minimum absolute atomic E-state index is 0.0684. The van der Waals surface area contributed by atoms with Crippen LogP contribution in [-0.2, 0) is 15.1 Å². The van der Waals surface area contributed by atoms with E-state index in [0.29, 0.717) is 12.8 Å². The molecule has 3 rings (SSSR count). The van der Waals surface area contributed by atoms with Gasteiger partial charge < -0.3 is 10.2 Å². The highest BCUT2D eigenvalue weighted by Gasteiger charge is 2.50. The maximum Gasteiger partial charge on any atom is 0.325 e. The first kappa shape index (κ1) is 20.7. The average Bonchev–Trinajstić information content (AvgIpc) is 2.93. The monoisotopic (exact) mass is 404 g/mol. The molecule has 9 heteroatoms. The molecule has 1 saturated carbocycles. The van der Waals surface area contributed by atoms with E-state index in [4.69, 9.17) is 0 Å². The third-order valence-corrected chi connectivity index (χ3v) is 5.97. The van der Waals surface area contributed by atoms with Gasteiger partial charge in [-0.3, -0.25) is 14.5 Å². The standard InChI is InChI=1S/C20H22F2N4O3/c1-19(13-6-7-14(21)15(22)10-13)17(28)26(18(29)24-19)11-16(27)25(2)20(12-23)8-4-3-5-9-20/h6-7,10H,3-5,8-9,11H2,1-2H3,(H,24,29). The Labute approximate surface area is 167 Å². The number of likely N-dealkylation sites (N-methyl/N-ethyl adjacent to an activating group) is 1. The van der Waals surface area contributed by atoms with Gasteiger partial charge in [0.05, 0.1) is 6.07 Å². The highest BCUT2D eigenvalue weighted by molar-refractivity contribution is 6.09. The SMILES string of the molecule is CN(C(=O)CN1C(=O)NC(C)(c2ccc(F)c(F)c2)C1=O)C1(C#N)CCCCC1. The first-order chi connectivity index (χ1) is 13.6. The fourth-order valence-electron chi connectivity index (χ4n) is 3.98. The Morgan fingerprint density at radius 1 is 1.24 bits per heavy atom. The van der Waals surface area contributed by atoms with Crippen molar-refractivity contribution in [2.24, 2.45) is 0 Å². The number of nitrogens with one attached hydrogen (secondary N) is 1. The fourth-order valence-corrected chi connectivity index (χ4v) is 3.98. The van der Waals surface area contributed by atoms with E-state index in [1.807, 2.05) is 0 Å². The summed E-state index contributed by atoms with van der Waals surface area (Å²) in [4.78, 5) is 40.2. The minimum Gasteiger partial charge on any atom is -0.325 e. The van der Waals surface area contributed by atoms with Crippen LogP contribution in [0, 0.1) is 23.0 Å². The molecule has 0 bridgehead atoms. The molecule has 1 atom stereocenters. The van der Waals surface area contributed by atoms with Crippen LogP contribution in [0.1, 0.15) is 44.6 Å². The van der Waals surface area contributed by atoms with E-state index in [1.165, 1.54) is 24.9 Å². The molecule has 0 radical (unpaired) electrons. The summed E-state index contributed by atoms with van der Waals surface area (Å²) in [7, 11) is 1.50. The first-order valence-electron chi connectivity index (χ1n) is 9.42. The van der Waals surface area contributed by atoms with Gasteiger partial charge in [-0.2, -0.15) is 5.26 Å². The number of hydrogen-bond donors (Lipinski definition) is 1. The molecule has 1 saturated heterocycles. The second-order valence-corrected chi connectivity index (χ2v) is 7.73. The number of carbonyl (C=O) groups is 3. The van der Waals surface area contributed by atoms with E-state index < -0.39 is 47.1 Å². The molecule has 1 aromatic rings. The van der Waals surface area contributed by atoms with Gasteiger partial charge in [-0.1, -0.05) is 25.3 Å². The molecule has 1 N–H and O–H groups in total. The van der Waals surface area contributed by atoms with Crippen molar-refractivity contribution < 1.29 is 23.2 Å². The predicted molar refractivity (Wildman–Crippen MR) is 98.2 cm³/mol. The maximum absolute atomic E-state index is 13.6. The molecule has 154 valence electrons. The summed E-state index contributed by atoms with van der Waals surface area (Å²) in [6.45, 7) is 0.829. The second kappa shape index (κ2) is 7.43. The van der Waals surface area contributed by atoms with E-state index in [9.17, 15) is 28.4 Å². The van der Waals surface area contributed by atoms with Crippen LogP contribution < -0.4 is 5.32 Å². The number of benzene rings is 1. The van der Waals surface area contributed by atoms with Gasteiger partial charge in [0.1, 0.15) is 17.6 Å². The number of carbonyl (C=O) groups excluding carboxylic acids is 3. The molecule has 29 heavy (non-hydrogen) atoms. The van der Waals surface area contributed by atoms with E-state index in [-0.39, 0.29) is 5.56 Å². The van der Waals surface area contributed by atoms with Crippen LogP contribution in [0.3, 0.4) is 0 Å². The summed E-state index contributed by atoms with van der Waals surface area (Å²) in [6, 6.07) is 4.34. The van der Waals surface area contributed by atoms with Crippen LogP contribution in [0.5, 0.6) is 0 Å². The van der Waals surface area contributed by atoms with Crippen molar-refractivity contribution in [2.45, 2.75) is 50.1 Å². The number of imide groups is 1. The van der Waals surface area contributed by atoms with Crippen molar-refractivity contribution in [3.8, 4) is 6.07 Å². The van der Waals surface area contributed by atoms with E-state index in [0.717, 1.165) is 36.3 Å². The molecule has 1 unspecified atom stereocenters. The van der Waals surface area contributed by atoms with Gasteiger partial charge >= 0.3 is 6.03 Å². The van der Waals surface area contributed by atoms with Gasteiger partial charge in [-0.15, -0.1) is 0 Å². The molecule has 1 aliphatic heterocycles. The molecule has 1 aliphatic carbocycles. The summed E-state index contributed by atoms with van der Waals surface area (Å²) in [5.41, 5.74) is -2.50. The average molecular weight is 404 g/mol. The molecule has 0 spiro atoms. The maximum atomic E-state index is 13.6. The van der Waals surface area contributed by atoms with E-state index in [2.05, 4.69) is 11.4 Å². The lowest BCUT2D eigenvalue weighted by atomic mass is 9.81. The topological polar surface area (TPSA) is 93.5 Å². The lowest BCUT2D eigenvalue weighted by Crippen LogP contribution is -2.53. The molecule has 7 nitrogen and oxygen atoms in total. The smallest absolute Gasteiger partial charge is 0.325 e. The number of hydrogen-bond acceptors (Lipinski definition) is 4. The van der Waals surface area contributed by atoms with Gasteiger partial charge in [0.2, 0.25) is 5.91 Å². The zero-order valence-electron chi connectivity index (χ0n) is 16.3. The first-order valence-corrected chi connectivity index (χ1v) is 9.42. The highest BCUT2D eigenvalue weighted by atomic mass is 19.2. The predicted octanol–water partition coefficient (Wildman–Crippen LogP) is 2.42. The lowest BCUT2D eigenvalue weighted by Gasteiger charge is -2.39. The summed E-state index contributed by atoms with van der Waals surface area (Å²) in [5, 5.41) is 12.1. The van der Waals surface area contributed by atoms with Gasteiger partial charge in [0, 0.05) is 7.05 Å². The van der Waals surface area contributed by atoms with Crippen LogP contribution in [0.2, 0.25) is 0 Å². The molecule has 1 aromatic carbocycles. The van der Waals surface area contributed by atoms with Crippen LogP contribution in [-0.4, -0.2) is 46.8 Å². The van der Waals surface area contributed by atoms with Gasteiger partial charge in [0.15, 0.2) is 11.6 Å². The Bertz CT molecular complexity index is 907. The zero-order chi connectivity index (χ0) is 21.4. The number of halogens is 2. The Hall–Kier alpha value is -3.02. The minimum atomic E-state index is -1.62. The normalized spacial score (nSPS) is 23.5. The number of nitriles is 1. The van der Waals surface area contributed by atoms with Crippen molar-refractivity contribution in [3.05, 3.63) is 35.4 Å². The molecule has 0 aromatic heterocycles. The fraction of sp³-hybridized carbons (Fsp3) is 0.500. The van der Waals surface area contributed by atoms with Crippen molar-refractivity contribution >= 4 is 17.8 Å². The Kier molecular flexibility index (Phi) is 5.30. The Morgan fingerprint density at radius 2 is 1.90 bits per heavy atom. The molecular formula is C20H22F2N4O3. The third-order valence-electron chi connectivity index (χ3n) is 5.97. The van der Waals surface area contributed by atoms with Crippen molar-refractivity contribution in [1.82, 2.24) is 15.1 Å². The third kappa shape index (κ3) is 3.43. The van der Waals surface area contributed by atoms with E-state index >= 15 is 0 Å². The molecular weight excluding hydrogens is 382 g/mol. The molecule has 4 amide bonds. The number of urea groups is 1. The largest absolute Gasteiger partial charge is 0.325 e. The van der Waals surface area contributed by atoms with Crippen LogP contribution in [0.15, 0.2) is 18.2 Å². The summed E-state index contributed by atoms with van der Waals surface area (Å²) in [6.07, 6.45) is 3.72. The zero-order valence-corrected chi connectivity index (χ0v) is 16.3. The quantitative estimate of drug-likeness (QED) is 0.780. The summed E-state index contributed by atoms with van der Waals surface area (Å²) < 4.78 is 26.9. The summed E-state index contributed by atoms with van der Waals surface area (Å²) >= 11 is 0. The van der Waals surface area contributed by atoms with Crippen LogP contribution in [0.4, 0.5) is 13.6 Å². The van der Waals surface area contributed by atoms with Crippen molar-refractivity contribution in [3.63, 3.8) is 0 Å².